The average molecular weight is 735 g/mol. The van der Waals surface area contributed by atoms with Gasteiger partial charge in [0.25, 0.3) is 0 Å². The molecule has 0 radical (unpaired) electrons. The van der Waals surface area contributed by atoms with Gasteiger partial charge in [0.05, 0.1) is 30.5 Å². The monoisotopic (exact) mass is 734 g/mol. The molecule has 5 rings (SSSR count). The van der Waals surface area contributed by atoms with E-state index in [1.165, 1.54) is 16.7 Å². The van der Waals surface area contributed by atoms with Crippen molar-refractivity contribution >= 4 is 41.3 Å². The summed E-state index contributed by atoms with van der Waals surface area (Å²) >= 11 is 6.15. The number of fused-ring (bicyclic) bond motifs is 1. The lowest BCUT2D eigenvalue weighted by Crippen LogP contribution is -2.65. The first kappa shape index (κ1) is 38.2. The average Bonchev–Trinajstić information content (AvgIpc) is 3.63. The summed E-state index contributed by atoms with van der Waals surface area (Å²) in [6.07, 6.45) is -3.97. The number of benzene rings is 2. The molecule has 0 bridgehead atoms. The Hall–Kier alpha value is -4.01. The molecule has 2 saturated heterocycles. The van der Waals surface area contributed by atoms with Crippen LogP contribution in [0.4, 0.5) is 13.2 Å². The van der Waals surface area contributed by atoms with E-state index in [4.69, 9.17) is 22.1 Å². The van der Waals surface area contributed by atoms with E-state index in [2.05, 4.69) is 10.1 Å². The Morgan fingerprint density at radius 3 is 2.43 bits per heavy atom. The number of halogens is 4. The second kappa shape index (κ2) is 14.9. The van der Waals surface area contributed by atoms with Gasteiger partial charge in [0, 0.05) is 18.1 Å². The highest BCUT2D eigenvalue weighted by atomic mass is 35.5. The van der Waals surface area contributed by atoms with Gasteiger partial charge in [0.15, 0.2) is 0 Å². The number of nitrogens with two attached hydrogens (primary N) is 1. The number of aryl methyl sites for hydroxylation is 1. The van der Waals surface area contributed by atoms with E-state index in [0.29, 0.717) is 30.7 Å². The second-order valence-electron chi connectivity index (χ2n) is 14.1. The van der Waals surface area contributed by atoms with Crippen LogP contribution < -0.4 is 11.1 Å². The minimum atomic E-state index is -5.39. The Labute approximate surface area is 298 Å². The molecule has 3 aliphatic rings. The van der Waals surface area contributed by atoms with Gasteiger partial charge in [-0.05, 0) is 87.6 Å². The Kier molecular flexibility index (Phi) is 11.2. The fraction of sp³-hybridized carbons (Fsp3) is 0.528. The van der Waals surface area contributed by atoms with Crippen molar-refractivity contribution in [2.24, 2.45) is 11.7 Å². The molecule has 3 N–H and O–H groups in total. The molecule has 2 heterocycles. The van der Waals surface area contributed by atoms with E-state index >= 15 is 0 Å². The highest BCUT2D eigenvalue weighted by Crippen LogP contribution is 2.42. The molecule has 2 fully saturated rings. The maximum absolute atomic E-state index is 14.5. The molecular weight excluding hydrogens is 693 g/mol. The van der Waals surface area contributed by atoms with Crippen LogP contribution in [0.2, 0.25) is 5.02 Å². The number of rotatable bonds is 9. The number of hydrogen-bond acceptors (Lipinski definition) is 8. The van der Waals surface area contributed by atoms with Gasteiger partial charge in [-0.3, -0.25) is 24.1 Å². The second-order valence-corrected chi connectivity index (χ2v) is 14.6. The highest BCUT2D eigenvalue weighted by Gasteiger charge is 2.50. The van der Waals surface area contributed by atoms with E-state index < -0.39 is 77.4 Å². The third kappa shape index (κ3) is 8.56. The molecule has 0 spiro atoms. The normalized spacial score (nSPS) is 24.0. The maximum Gasteiger partial charge on any atom is 0.491 e. The minimum Gasteiger partial charge on any atom is -0.386 e. The Morgan fingerprint density at radius 2 is 1.76 bits per heavy atom. The van der Waals surface area contributed by atoms with Crippen molar-refractivity contribution in [1.82, 2.24) is 15.1 Å². The van der Waals surface area contributed by atoms with Crippen molar-refractivity contribution in [2.45, 2.75) is 94.7 Å². The van der Waals surface area contributed by atoms with Crippen LogP contribution in [-0.4, -0.2) is 88.7 Å². The van der Waals surface area contributed by atoms with E-state index in [1.807, 2.05) is 18.2 Å². The van der Waals surface area contributed by atoms with Crippen LogP contribution >= 0.6 is 11.6 Å². The summed E-state index contributed by atoms with van der Waals surface area (Å²) in [6.45, 7) is 5.00. The number of nitrogens with one attached hydrogen (secondary N) is 1. The van der Waals surface area contributed by atoms with E-state index in [1.54, 1.807) is 44.2 Å². The number of likely N-dealkylation sites (tertiary alicyclic amines) is 1. The Morgan fingerprint density at radius 1 is 1.08 bits per heavy atom. The van der Waals surface area contributed by atoms with Gasteiger partial charge in [0.2, 0.25) is 17.7 Å². The zero-order valence-electron chi connectivity index (χ0n) is 28.6. The SMILES string of the molecule is C[C@H](N)C(=O)N1[C@H](C(=O)N[C@@]2(Cc3ccc(Cl)cc3)CCCN(C(=O)[C@@H](CC(=O)OC(=O)C(F)(F)F)[C@H]3CCc4ccccc43)C2)COC1(C)C. The fourth-order valence-electron chi connectivity index (χ4n) is 7.61. The molecule has 2 aromatic rings. The zero-order valence-corrected chi connectivity index (χ0v) is 29.4. The van der Waals surface area contributed by atoms with E-state index in [0.717, 1.165) is 16.7 Å². The number of carbonyl (C=O) groups is 5. The first-order valence-electron chi connectivity index (χ1n) is 16.9. The number of esters is 2. The molecule has 1 aliphatic carbocycles. The van der Waals surface area contributed by atoms with Crippen molar-refractivity contribution in [3.05, 3.63) is 70.2 Å². The quantitative estimate of drug-likeness (QED) is 0.290. The molecule has 15 heteroatoms. The van der Waals surface area contributed by atoms with Crippen molar-refractivity contribution in [1.29, 1.82) is 0 Å². The number of amides is 3. The molecule has 0 saturated carbocycles. The number of alkyl halides is 3. The van der Waals surface area contributed by atoms with Gasteiger partial charge >= 0.3 is 18.1 Å². The summed E-state index contributed by atoms with van der Waals surface area (Å²) in [6, 6.07) is 12.4. The van der Waals surface area contributed by atoms with Gasteiger partial charge in [-0.25, -0.2) is 4.79 Å². The molecule has 3 amide bonds. The third-order valence-electron chi connectivity index (χ3n) is 9.96. The summed E-state index contributed by atoms with van der Waals surface area (Å²) in [4.78, 5) is 69.0. The highest BCUT2D eigenvalue weighted by molar-refractivity contribution is 6.30. The van der Waals surface area contributed by atoms with Crippen LogP contribution in [0.15, 0.2) is 48.5 Å². The minimum absolute atomic E-state index is 0.0141. The topological polar surface area (TPSA) is 148 Å². The molecule has 0 aromatic heterocycles. The molecule has 2 aromatic carbocycles. The number of nitrogens with zero attached hydrogens (tertiary/aromatic N) is 2. The summed E-state index contributed by atoms with van der Waals surface area (Å²) in [5.41, 5.74) is 6.30. The molecule has 5 atom stereocenters. The lowest BCUT2D eigenvalue weighted by Gasteiger charge is -2.46. The van der Waals surface area contributed by atoms with Gasteiger partial charge in [-0.15, -0.1) is 0 Å². The van der Waals surface area contributed by atoms with Crippen LogP contribution in [0.1, 0.15) is 69.1 Å². The van der Waals surface area contributed by atoms with Gasteiger partial charge in [0.1, 0.15) is 11.8 Å². The van der Waals surface area contributed by atoms with Crippen molar-refractivity contribution in [3.8, 4) is 0 Å². The van der Waals surface area contributed by atoms with Crippen molar-refractivity contribution < 1.29 is 46.6 Å². The maximum atomic E-state index is 14.5. The number of piperidine rings is 1. The lowest BCUT2D eigenvalue weighted by molar-refractivity contribution is -0.202. The third-order valence-corrected chi connectivity index (χ3v) is 10.2. The first-order chi connectivity index (χ1) is 23.9. The van der Waals surface area contributed by atoms with Gasteiger partial charge in [-0.2, -0.15) is 13.2 Å². The van der Waals surface area contributed by atoms with Gasteiger partial charge in [-0.1, -0.05) is 48.0 Å². The smallest absolute Gasteiger partial charge is 0.386 e. The summed E-state index contributed by atoms with van der Waals surface area (Å²) in [5.74, 6) is -7.27. The van der Waals surface area contributed by atoms with Crippen LogP contribution in [0.25, 0.3) is 0 Å². The van der Waals surface area contributed by atoms with E-state index in [-0.39, 0.29) is 26.1 Å². The fourth-order valence-corrected chi connectivity index (χ4v) is 7.73. The standard InChI is InChI=1S/C36H42ClF3N4O7/c1-21(41)31(47)44-28(19-50-34(44,2)3)30(46)42-35(18-22-9-12-24(37)13-10-22)15-6-16-43(20-35)32(48)27(17-29(45)51-33(49)36(38,39)40)26-14-11-23-7-4-5-8-25(23)26/h4-5,7-10,12-13,21,26-28H,6,11,14-20,41H2,1-3H3,(H,42,46)/t21-,26-,27-,28-,35+/m0/s1. The van der Waals surface area contributed by atoms with Crippen LogP contribution in [0.3, 0.4) is 0 Å². The number of ether oxygens (including phenoxy) is 2. The summed E-state index contributed by atoms with van der Waals surface area (Å²) in [5, 5.41) is 3.65. The predicted octanol–water partition coefficient (Wildman–Crippen LogP) is 4.04. The molecule has 11 nitrogen and oxygen atoms in total. The molecular formula is C36H42ClF3N4O7. The lowest BCUT2D eigenvalue weighted by atomic mass is 9.80. The first-order valence-corrected chi connectivity index (χ1v) is 17.3. The van der Waals surface area contributed by atoms with E-state index in [9.17, 15) is 37.1 Å². The summed E-state index contributed by atoms with van der Waals surface area (Å²) < 4.78 is 48.9. The van der Waals surface area contributed by atoms with Crippen LogP contribution in [0, 0.1) is 5.92 Å². The Bertz CT molecular complexity index is 1670. The zero-order chi connectivity index (χ0) is 37.3. The molecule has 276 valence electrons. The molecule has 0 unspecified atom stereocenters. The molecule has 51 heavy (non-hydrogen) atoms. The number of hydrogen-bond donors (Lipinski definition) is 2. The number of carbonyl (C=O) groups excluding carboxylic acids is 5. The largest absolute Gasteiger partial charge is 0.491 e. The van der Waals surface area contributed by atoms with Crippen molar-refractivity contribution in [3.63, 3.8) is 0 Å². The Balaban J connectivity index is 1.46. The van der Waals surface area contributed by atoms with Gasteiger partial charge < -0.3 is 25.4 Å². The van der Waals surface area contributed by atoms with Crippen molar-refractivity contribution in [2.75, 3.05) is 19.7 Å². The van der Waals surface area contributed by atoms with Crippen LogP contribution in [-0.2, 0) is 46.3 Å². The molecule has 2 aliphatic heterocycles. The van der Waals surface area contributed by atoms with Crippen LogP contribution in [0.5, 0.6) is 0 Å². The predicted molar refractivity (Wildman–Crippen MR) is 179 cm³/mol. The summed E-state index contributed by atoms with van der Waals surface area (Å²) in [7, 11) is 0.